The van der Waals surface area contributed by atoms with Gasteiger partial charge in [0.15, 0.2) is 0 Å². The van der Waals surface area contributed by atoms with Gasteiger partial charge in [0.25, 0.3) is 5.56 Å². The van der Waals surface area contributed by atoms with Crippen LogP contribution in [0.15, 0.2) is 10.9 Å². The van der Waals surface area contributed by atoms with Crippen molar-refractivity contribution in [1.29, 1.82) is 0 Å². The number of fused-ring (bicyclic) bond motifs is 3. The van der Waals surface area contributed by atoms with E-state index in [0.717, 1.165) is 41.3 Å². The van der Waals surface area contributed by atoms with Crippen LogP contribution in [0.3, 0.4) is 0 Å². The van der Waals surface area contributed by atoms with Gasteiger partial charge in [-0.1, -0.05) is 0 Å². The van der Waals surface area contributed by atoms with Crippen LogP contribution in [0, 0.1) is 0 Å². The Morgan fingerprint density at radius 1 is 1.35 bits per heavy atom. The molecule has 2 heterocycles. The Morgan fingerprint density at radius 2 is 2.05 bits per heavy atom. The summed E-state index contributed by atoms with van der Waals surface area (Å²) in [5.41, 5.74) is 1.11. The van der Waals surface area contributed by atoms with E-state index in [9.17, 15) is 14.7 Å². The molecule has 106 valence electrons. The van der Waals surface area contributed by atoms with Crippen LogP contribution in [-0.4, -0.2) is 15.6 Å². The minimum Gasteiger partial charge on any atom is -0.477 e. The molecule has 1 aliphatic carbocycles. The maximum atomic E-state index is 12.7. The van der Waals surface area contributed by atoms with Crippen molar-refractivity contribution < 1.29 is 9.90 Å². The molecule has 0 aromatic carbocycles. The number of hydrogen-bond acceptors (Lipinski definition) is 3. The maximum absolute atomic E-state index is 12.7. The molecule has 0 saturated heterocycles. The Kier molecular flexibility index (Phi) is 3.17. The number of thiophene rings is 1. The molecule has 4 nitrogen and oxygen atoms in total. The number of aromatic carboxylic acids is 1. The van der Waals surface area contributed by atoms with Crippen LogP contribution in [0.4, 0.5) is 0 Å². The molecule has 1 N–H and O–H groups in total. The summed E-state index contributed by atoms with van der Waals surface area (Å²) in [6, 6.07) is 1.51. The van der Waals surface area contributed by atoms with Gasteiger partial charge in [-0.05, 0) is 51.2 Å². The van der Waals surface area contributed by atoms with Gasteiger partial charge in [-0.2, -0.15) is 0 Å². The second-order valence-electron chi connectivity index (χ2n) is 5.55. The Bertz CT molecular complexity index is 755. The first kappa shape index (κ1) is 13.4. The number of hydrogen-bond donors (Lipinski definition) is 1. The molecular formula is C15H17NO3S. The summed E-state index contributed by atoms with van der Waals surface area (Å²) in [4.78, 5) is 25.4. The third-order valence-corrected chi connectivity index (χ3v) is 5.13. The third-order valence-electron chi connectivity index (χ3n) is 3.89. The fraction of sp³-hybridized carbons (Fsp3) is 0.467. The fourth-order valence-electron chi connectivity index (χ4n) is 3.02. The molecule has 0 atom stereocenters. The number of carboxylic acid groups (broad SMARTS) is 1. The third kappa shape index (κ3) is 1.88. The number of pyridine rings is 1. The quantitative estimate of drug-likeness (QED) is 0.924. The first-order valence-corrected chi connectivity index (χ1v) is 7.75. The number of aryl methyl sites for hydroxylation is 2. The van der Waals surface area contributed by atoms with E-state index in [1.54, 1.807) is 17.4 Å². The van der Waals surface area contributed by atoms with Crippen LogP contribution in [0.25, 0.3) is 10.1 Å². The fourth-order valence-corrected chi connectivity index (χ4v) is 4.35. The first-order valence-electron chi connectivity index (χ1n) is 6.93. The number of aromatic nitrogens is 1. The second kappa shape index (κ2) is 4.74. The van der Waals surface area contributed by atoms with Crippen molar-refractivity contribution in [2.45, 2.75) is 45.6 Å². The number of carbonyl (C=O) groups is 1. The monoisotopic (exact) mass is 291 g/mol. The van der Waals surface area contributed by atoms with E-state index in [1.165, 1.54) is 9.44 Å². The lowest BCUT2D eigenvalue weighted by atomic mass is 9.96. The van der Waals surface area contributed by atoms with Crippen molar-refractivity contribution in [2.75, 3.05) is 0 Å². The van der Waals surface area contributed by atoms with E-state index in [-0.39, 0.29) is 17.3 Å². The van der Waals surface area contributed by atoms with Crippen LogP contribution in [0.2, 0.25) is 0 Å². The highest BCUT2D eigenvalue weighted by Crippen LogP contribution is 2.35. The van der Waals surface area contributed by atoms with Gasteiger partial charge in [0.2, 0.25) is 0 Å². The molecule has 0 amide bonds. The highest BCUT2D eigenvalue weighted by molar-refractivity contribution is 7.19. The minimum atomic E-state index is -1.04. The molecule has 2 aromatic heterocycles. The lowest BCUT2D eigenvalue weighted by Crippen LogP contribution is -2.27. The zero-order valence-electron chi connectivity index (χ0n) is 11.6. The molecule has 0 saturated carbocycles. The minimum absolute atomic E-state index is 0.0936. The van der Waals surface area contributed by atoms with Crippen LogP contribution in [0.1, 0.15) is 53.7 Å². The summed E-state index contributed by atoms with van der Waals surface area (Å²) in [5.74, 6) is -1.04. The predicted octanol–water partition coefficient (Wildman–Crippen LogP) is 3.22. The average molecular weight is 291 g/mol. The van der Waals surface area contributed by atoms with E-state index in [1.807, 2.05) is 13.8 Å². The standard InChI is InChI=1S/C15H17NO3S/c1-8(2)16-10(15(18)19)7-12-13(14(16)17)9-5-3-4-6-11(9)20-12/h7-8H,3-6H2,1-2H3,(H,18,19). The summed E-state index contributed by atoms with van der Waals surface area (Å²) in [5, 5.41) is 10.1. The first-order chi connectivity index (χ1) is 9.50. The van der Waals surface area contributed by atoms with Crippen LogP contribution in [0.5, 0.6) is 0 Å². The van der Waals surface area contributed by atoms with Gasteiger partial charge in [0.1, 0.15) is 5.69 Å². The van der Waals surface area contributed by atoms with Gasteiger partial charge in [0.05, 0.1) is 5.39 Å². The van der Waals surface area contributed by atoms with Crippen molar-refractivity contribution in [1.82, 2.24) is 4.57 Å². The predicted molar refractivity (Wildman–Crippen MR) is 80.1 cm³/mol. The van der Waals surface area contributed by atoms with Crippen molar-refractivity contribution in [3.8, 4) is 0 Å². The average Bonchev–Trinajstić information content (AvgIpc) is 2.76. The van der Waals surface area contributed by atoms with Gasteiger partial charge in [-0.15, -0.1) is 11.3 Å². The number of carboxylic acids is 1. The Balaban J connectivity index is 2.41. The topological polar surface area (TPSA) is 59.3 Å². The van der Waals surface area contributed by atoms with Crippen molar-refractivity contribution in [3.63, 3.8) is 0 Å². The Hall–Kier alpha value is -1.62. The molecule has 1 aliphatic rings. The van der Waals surface area contributed by atoms with E-state index in [2.05, 4.69) is 0 Å². The van der Waals surface area contributed by atoms with Gasteiger partial charge >= 0.3 is 5.97 Å². The Morgan fingerprint density at radius 3 is 2.70 bits per heavy atom. The van der Waals surface area contributed by atoms with Crippen LogP contribution in [-0.2, 0) is 12.8 Å². The van der Waals surface area contributed by atoms with E-state index < -0.39 is 5.97 Å². The highest BCUT2D eigenvalue weighted by atomic mass is 32.1. The number of nitrogens with zero attached hydrogens (tertiary/aromatic N) is 1. The van der Waals surface area contributed by atoms with Gasteiger partial charge < -0.3 is 5.11 Å². The molecule has 0 aliphatic heterocycles. The van der Waals surface area contributed by atoms with Crippen molar-refractivity contribution >= 4 is 27.4 Å². The zero-order valence-corrected chi connectivity index (χ0v) is 12.4. The summed E-state index contributed by atoms with van der Waals surface area (Å²) in [6.45, 7) is 3.69. The molecule has 5 heteroatoms. The van der Waals surface area contributed by atoms with Gasteiger partial charge in [-0.25, -0.2) is 4.79 Å². The largest absolute Gasteiger partial charge is 0.477 e. The molecule has 0 unspecified atom stereocenters. The number of rotatable bonds is 2. The van der Waals surface area contributed by atoms with Crippen LogP contribution < -0.4 is 5.56 Å². The molecule has 3 rings (SSSR count). The SMILES string of the molecule is CC(C)n1c(C(=O)O)cc2sc3c(c2c1=O)CCCC3. The molecule has 0 bridgehead atoms. The van der Waals surface area contributed by atoms with E-state index in [4.69, 9.17) is 0 Å². The lowest BCUT2D eigenvalue weighted by Gasteiger charge is -2.15. The molecular weight excluding hydrogens is 274 g/mol. The summed E-state index contributed by atoms with van der Waals surface area (Å²) < 4.78 is 2.24. The molecule has 0 radical (unpaired) electrons. The van der Waals surface area contributed by atoms with Crippen LogP contribution >= 0.6 is 11.3 Å². The Labute approximate surface area is 120 Å². The van der Waals surface area contributed by atoms with E-state index >= 15 is 0 Å². The maximum Gasteiger partial charge on any atom is 0.352 e. The zero-order chi connectivity index (χ0) is 14.4. The normalized spacial score (nSPS) is 14.8. The van der Waals surface area contributed by atoms with Gasteiger partial charge in [0, 0.05) is 15.6 Å². The lowest BCUT2D eigenvalue weighted by molar-refractivity contribution is 0.0682. The molecule has 2 aromatic rings. The van der Waals surface area contributed by atoms with Crippen molar-refractivity contribution in [2.24, 2.45) is 0 Å². The highest BCUT2D eigenvalue weighted by Gasteiger charge is 2.23. The summed E-state index contributed by atoms with van der Waals surface area (Å²) in [7, 11) is 0. The van der Waals surface area contributed by atoms with E-state index in [0.29, 0.717) is 0 Å². The second-order valence-corrected chi connectivity index (χ2v) is 6.69. The molecule has 0 spiro atoms. The molecule has 0 fully saturated rings. The van der Waals surface area contributed by atoms with Gasteiger partial charge in [-0.3, -0.25) is 9.36 Å². The van der Waals surface area contributed by atoms with Crippen molar-refractivity contribution in [3.05, 3.63) is 32.6 Å². The smallest absolute Gasteiger partial charge is 0.352 e. The summed E-state index contributed by atoms with van der Waals surface area (Å²) in [6.07, 6.45) is 4.22. The molecule has 20 heavy (non-hydrogen) atoms. The summed E-state index contributed by atoms with van der Waals surface area (Å²) >= 11 is 1.59.